The van der Waals surface area contributed by atoms with Crippen molar-refractivity contribution in [2.45, 2.75) is 66.7 Å². The second kappa shape index (κ2) is 13.6. The van der Waals surface area contributed by atoms with E-state index in [1.807, 2.05) is 44.3 Å². The van der Waals surface area contributed by atoms with Crippen molar-refractivity contribution in [3.05, 3.63) is 80.5 Å². The summed E-state index contributed by atoms with van der Waals surface area (Å²) in [5.74, 6) is 1.58. The molecule has 2 aromatic carbocycles. The number of rotatable bonds is 5. The average Bonchev–Trinajstić information content (AvgIpc) is 2.97. The van der Waals surface area contributed by atoms with E-state index in [4.69, 9.17) is 23.2 Å². The molecule has 0 bridgehead atoms. The Morgan fingerprint density at radius 1 is 1.15 bits per heavy atom. The van der Waals surface area contributed by atoms with E-state index in [2.05, 4.69) is 36.3 Å². The van der Waals surface area contributed by atoms with E-state index in [-0.39, 0.29) is 12.3 Å². The highest BCUT2D eigenvalue weighted by atomic mass is 35.5. The van der Waals surface area contributed by atoms with Gasteiger partial charge in [-0.05, 0) is 99.7 Å². The standard InChI is InChI=1S/C16H21ClN2O.C12H15Cl/c1-5-11(2)9-18-16(19-10-13(4)20)15-7-6-14(17)8-12(15)3;1-9-5-7-10-3-2-4-12(13)11(10)8-6-9/h6-9H,5,10H2,1-4H3,(H,18,19);2-4,9H,5-8H2,1H3/b11-9+;. The molecule has 0 aromatic heterocycles. The monoisotopic (exact) mass is 486 g/mol. The minimum Gasteiger partial charge on any atom is -0.347 e. The maximum Gasteiger partial charge on any atom is 0.151 e. The molecule has 3 rings (SSSR count). The predicted molar refractivity (Wildman–Crippen MR) is 143 cm³/mol. The van der Waals surface area contributed by atoms with Crippen LogP contribution in [0.4, 0.5) is 0 Å². The molecule has 0 radical (unpaired) electrons. The number of carbonyl (C=O) groups is 1. The number of Topliss-reactive ketones (excluding diaryl/α,β-unsaturated/α-hetero) is 1. The summed E-state index contributed by atoms with van der Waals surface area (Å²) < 4.78 is 0. The quantitative estimate of drug-likeness (QED) is 0.266. The number of aryl methyl sites for hydroxylation is 2. The molecule has 1 aliphatic rings. The van der Waals surface area contributed by atoms with Gasteiger partial charge in [-0.2, -0.15) is 0 Å². The first-order valence-corrected chi connectivity index (χ1v) is 12.5. The number of ketones is 1. The summed E-state index contributed by atoms with van der Waals surface area (Å²) in [5.41, 5.74) is 6.06. The number of amidine groups is 1. The molecule has 0 spiro atoms. The number of aliphatic imine (C=N–C) groups is 1. The Morgan fingerprint density at radius 3 is 2.55 bits per heavy atom. The van der Waals surface area contributed by atoms with Crippen LogP contribution in [0, 0.1) is 12.8 Å². The number of benzene rings is 2. The highest BCUT2D eigenvalue weighted by Gasteiger charge is 2.14. The molecule has 2 aromatic rings. The smallest absolute Gasteiger partial charge is 0.151 e. The summed E-state index contributed by atoms with van der Waals surface area (Å²) >= 11 is 12.1. The summed E-state index contributed by atoms with van der Waals surface area (Å²) in [6.07, 6.45) is 7.86. The lowest BCUT2D eigenvalue weighted by atomic mass is 10.0. The summed E-state index contributed by atoms with van der Waals surface area (Å²) in [5, 5.41) is 4.85. The molecule has 5 heteroatoms. The van der Waals surface area contributed by atoms with Crippen molar-refractivity contribution in [2.24, 2.45) is 10.9 Å². The normalized spacial score (nSPS) is 16.3. The summed E-state index contributed by atoms with van der Waals surface area (Å²) in [6, 6.07) is 11.9. The zero-order valence-corrected chi connectivity index (χ0v) is 22.0. The maximum absolute atomic E-state index is 11.1. The Kier molecular flexibility index (Phi) is 11.2. The molecule has 1 aliphatic carbocycles. The maximum atomic E-state index is 11.1. The van der Waals surface area contributed by atoms with Crippen molar-refractivity contribution in [2.75, 3.05) is 6.54 Å². The Bertz CT molecular complexity index is 1010. The van der Waals surface area contributed by atoms with Gasteiger partial charge in [0.05, 0.1) is 6.54 Å². The molecule has 1 N–H and O–H groups in total. The molecule has 0 saturated carbocycles. The van der Waals surface area contributed by atoms with Gasteiger partial charge in [-0.3, -0.25) is 9.79 Å². The van der Waals surface area contributed by atoms with Gasteiger partial charge in [0.25, 0.3) is 0 Å². The molecular formula is C28H36Cl2N2O. The average molecular weight is 488 g/mol. The summed E-state index contributed by atoms with van der Waals surface area (Å²) in [6.45, 7) is 10.1. The predicted octanol–water partition coefficient (Wildman–Crippen LogP) is 7.74. The van der Waals surface area contributed by atoms with E-state index in [9.17, 15) is 4.79 Å². The van der Waals surface area contributed by atoms with Gasteiger partial charge in [0, 0.05) is 21.8 Å². The Labute approximate surface area is 209 Å². The zero-order valence-electron chi connectivity index (χ0n) is 20.5. The lowest BCUT2D eigenvalue weighted by Crippen LogP contribution is -2.21. The molecule has 3 nitrogen and oxygen atoms in total. The van der Waals surface area contributed by atoms with Crippen LogP contribution in [0.5, 0.6) is 0 Å². The molecule has 0 fully saturated rings. The van der Waals surface area contributed by atoms with Crippen molar-refractivity contribution in [3.8, 4) is 0 Å². The Hall–Kier alpha value is -2.10. The number of allylic oxidation sites excluding steroid dienone is 1. The van der Waals surface area contributed by atoms with Crippen molar-refractivity contribution in [1.29, 1.82) is 0 Å². The molecule has 33 heavy (non-hydrogen) atoms. The fourth-order valence-electron chi connectivity index (χ4n) is 3.64. The largest absolute Gasteiger partial charge is 0.347 e. The minimum atomic E-state index is 0.0344. The second-order valence-electron chi connectivity index (χ2n) is 8.87. The van der Waals surface area contributed by atoms with Gasteiger partial charge in [-0.1, -0.05) is 54.8 Å². The van der Waals surface area contributed by atoms with Crippen molar-refractivity contribution >= 4 is 34.8 Å². The fourth-order valence-corrected chi connectivity index (χ4v) is 4.16. The number of fused-ring (bicyclic) bond motifs is 1. The van der Waals surface area contributed by atoms with E-state index in [0.29, 0.717) is 10.9 Å². The van der Waals surface area contributed by atoms with Crippen LogP contribution in [0.15, 0.2) is 53.2 Å². The lowest BCUT2D eigenvalue weighted by molar-refractivity contribution is -0.115. The third-order valence-electron chi connectivity index (χ3n) is 5.93. The van der Waals surface area contributed by atoms with Crippen molar-refractivity contribution in [3.63, 3.8) is 0 Å². The first-order chi connectivity index (χ1) is 15.7. The lowest BCUT2D eigenvalue weighted by Gasteiger charge is -2.11. The third-order valence-corrected chi connectivity index (χ3v) is 6.52. The number of hydrogen-bond donors (Lipinski definition) is 1. The van der Waals surface area contributed by atoms with Gasteiger partial charge in [-0.25, -0.2) is 0 Å². The van der Waals surface area contributed by atoms with Crippen LogP contribution in [-0.4, -0.2) is 18.2 Å². The summed E-state index contributed by atoms with van der Waals surface area (Å²) in [7, 11) is 0. The van der Waals surface area contributed by atoms with E-state index < -0.39 is 0 Å². The van der Waals surface area contributed by atoms with E-state index >= 15 is 0 Å². The molecular weight excluding hydrogens is 451 g/mol. The topological polar surface area (TPSA) is 41.5 Å². The fraction of sp³-hybridized carbons (Fsp3) is 0.429. The van der Waals surface area contributed by atoms with Crippen LogP contribution in [0.3, 0.4) is 0 Å². The third kappa shape index (κ3) is 8.98. The first-order valence-electron chi connectivity index (χ1n) is 11.7. The van der Waals surface area contributed by atoms with Gasteiger partial charge in [-0.15, -0.1) is 0 Å². The molecule has 1 unspecified atom stereocenters. The van der Waals surface area contributed by atoms with Gasteiger partial charge < -0.3 is 5.32 Å². The van der Waals surface area contributed by atoms with Gasteiger partial charge in [0.2, 0.25) is 0 Å². The molecule has 178 valence electrons. The number of carbonyl (C=O) groups excluding carboxylic acids is 1. The molecule has 0 saturated heterocycles. The highest BCUT2D eigenvalue weighted by molar-refractivity contribution is 6.31. The van der Waals surface area contributed by atoms with Crippen molar-refractivity contribution < 1.29 is 4.79 Å². The Balaban J connectivity index is 0.000000254. The number of halogens is 2. The van der Waals surface area contributed by atoms with Crippen LogP contribution in [0.25, 0.3) is 0 Å². The van der Waals surface area contributed by atoms with E-state index in [1.54, 1.807) is 0 Å². The number of nitrogens with zero attached hydrogens (tertiary/aromatic N) is 1. The number of hydrogen-bond acceptors (Lipinski definition) is 2. The van der Waals surface area contributed by atoms with Crippen LogP contribution in [-0.2, 0) is 17.6 Å². The van der Waals surface area contributed by atoms with Crippen LogP contribution >= 0.6 is 23.2 Å². The van der Waals surface area contributed by atoms with Gasteiger partial charge >= 0.3 is 0 Å². The minimum absolute atomic E-state index is 0.0344. The Morgan fingerprint density at radius 2 is 1.88 bits per heavy atom. The molecule has 0 amide bonds. The number of nitrogens with one attached hydrogen (secondary N) is 1. The van der Waals surface area contributed by atoms with Crippen molar-refractivity contribution in [1.82, 2.24) is 5.32 Å². The molecule has 1 atom stereocenters. The molecule has 0 aliphatic heterocycles. The van der Waals surface area contributed by atoms with Gasteiger partial charge in [0.1, 0.15) is 5.84 Å². The van der Waals surface area contributed by atoms with Crippen LogP contribution in [0.2, 0.25) is 10.0 Å². The highest BCUT2D eigenvalue weighted by Crippen LogP contribution is 2.29. The SMILES string of the molecule is CC/C(C)=C/NC(=NCC(C)=O)c1ccc(Cl)cc1C.CC1CCc2cccc(Cl)c2CC1. The zero-order chi connectivity index (χ0) is 24.4. The van der Waals surface area contributed by atoms with Gasteiger partial charge in [0.15, 0.2) is 5.78 Å². The van der Waals surface area contributed by atoms with E-state index in [1.165, 1.54) is 42.9 Å². The summed E-state index contributed by atoms with van der Waals surface area (Å²) in [4.78, 5) is 15.5. The second-order valence-corrected chi connectivity index (χ2v) is 9.72. The van der Waals surface area contributed by atoms with Crippen LogP contribution in [0.1, 0.15) is 69.2 Å². The first kappa shape index (κ1) is 27.1. The molecule has 0 heterocycles. The van der Waals surface area contributed by atoms with Crippen LogP contribution < -0.4 is 5.32 Å². The van der Waals surface area contributed by atoms with E-state index in [0.717, 1.165) is 34.9 Å².